The van der Waals surface area contributed by atoms with Gasteiger partial charge >= 0.3 is 5.69 Å². The van der Waals surface area contributed by atoms with Crippen molar-refractivity contribution in [2.75, 3.05) is 5.43 Å². The van der Waals surface area contributed by atoms with Gasteiger partial charge in [-0.2, -0.15) is 10.1 Å². The number of hydrazone groups is 1. The Kier molecular flexibility index (Phi) is 4.77. The Hall–Kier alpha value is -3.13. The molecule has 0 spiro atoms. The normalized spacial score (nSPS) is 11.3. The van der Waals surface area contributed by atoms with Crippen molar-refractivity contribution in [3.63, 3.8) is 0 Å². The lowest BCUT2D eigenvalue weighted by Crippen LogP contribution is -2.37. The fourth-order valence-electron chi connectivity index (χ4n) is 2.58. The third-order valence-corrected chi connectivity index (χ3v) is 4.28. The van der Waals surface area contributed by atoms with E-state index in [9.17, 15) is 9.59 Å². The number of nitrogens with one attached hydrogen (secondary N) is 1. The minimum atomic E-state index is -0.447. The second-order valence-corrected chi connectivity index (χ2v) is 6.01. The molecule has 1 N–H and O–H groups in total. The highest BCUT2D eigenvalue weighted by Crippen LogP contribution is 2.16. The molecule has 9 heteroatoms. The molecule has 0 amide bonds. The van der Waals surface area contributed by atoms with Gasteiger partial charge in [-0.3, -0.25) is 18.5 Å². The lowest BCUT2D eigenvalue weighted by molar-refractivity contribution is 0.703. The quantitative estimate of drug-likeness (QED) is 0.420. The Morgan fingerprint density at radius 1 is 1.27 bits per heavy atom. The summed E-state index contributed by atoms with van der Waals surface area (Å²) >= 11 is 6.09. The lowest BCUT2D eigenvalue weighted by Gasteiger charge is -2.06. The molecule has 3 aromatic rings. The summed E-state index contributed by atoms with van der Waals surface area (Å²) in [6, 6.07) is 7.25. The summed E-state index contributed by atoms with van der Waals surface area (Å²) in [6.45, 7) is 4.03. The van der Waals surface area contributed by atoms with Crippen LogP contribution in [-0.2, 0) is 20.6 Å². The SMILES string of the molecule is C=CCn1c(N/N=C\c2ccccc2Cl)nc2c1c(=O)n(C)c(=O)n2C. The van der Waals surface area contributed by atoms with Crippen molar-refractivity contribution in [3.8, 4) is 0 Å². The number of nitrogens with zero attached hydrogens (tertiary/aromatic N) is 5. The average Bonchev–Trinajstić information content (AvgIpc) is 2.99. The van der Waals surface area contributed by atoms with Crippen molar-refractivity contribution < 1.29 is 0 Å². The zero-order valence-corrected chi connectivity index (χ0v) is 15.1. The van der Waals surface area contributed by atoms with Gasteiger partial charge in [-0.25, -0.2) is 10.2 Å². The monoisotopic (exact) mass is 372 g/mol. The van der Waals surface area contributed by atoms with Crippen LogP contribution in [-0.4, -0.2) is 24.9 Å². The third kappa shape index (κ3) is 2.95. The average molecular weight is 373 g/mol. The van der Waals surface area contributed by atoms with Gasteiger partial charge in [0.15, 0.2) is 11.2 Å². The molecule has 0 saturated heterocycles. The number of fused-ring (bicyclic) bond motifs is 1. The van der Waals surface area contributed by atoms with Crippen LogP contribution in [0.5, 0.6) is 0 Å². The molecule has 0 aliphatic heterocycles. The van der Waals surface area contributed by atoms with E-state index < -0.39 is 11.2 Å². The Labute approximate surface area is 153 Å². The van der Waals surface area contributed by atoms with E-state index in [1.807, 2.05) is 18.2 Å². The number of aryl methyl sites for hydroxylation is 1. The van der Waals surface area contributed by atoms with Crippen LogP contribution in [0.4, 0.5) is 5.95 Å². The highest BCUT2D eigenvalue weighted by atomic mass is 35.5. The smallest absolute Gasteiger partial charge is 0.299 e. The fourth-order valence-corrected chi connectivity index (χ4v) is 2.76. The highest BCUT2D eigenvalue weighted by molar-refractivity contribution is 6.33. The van der Waals surface area contributed by atoms with Crippen molar-refractivity contribution in [1.82, 2.24) is 18.7 Å². The van der Waals surface area contributed by atoms with E-state index in [1.165, 1.54) is 11.6 Å². The first-order chi connectivity index (χ1) is 12.5. The number of rotatable bonds is 5. The van der Waals surface area contributed by atoms with E-state index in [1.54, 1.807) is 30.0 Å². The molecular weight excluding hydrogens is 356 g/mol. The first kappa shape index (κ1) is 17.7. The Morgan fingerprint density at radius 3 is 2.69 bits per heavy atom. The maximum atomic E-state index is 12.5. The molecule has 2 aromatic heterocycles. The van der Waals surface area contributed by atoms with Crippen LogP contribution in [0.15, 0.2) is 51.6 Å². The van der Waals surface area contributed by atoms with Gasteiger partial charge < -0.3 is 0 Å². The van der Waals surface area contributed by atoms with Gasteiger partial charge in [0.25, 0.3) is 5.56 Å². The summed E-state index contributed by atoms with van der Waals surface area (Å²) in [4.78, 5) is 29.0. The molecule has 8 nitrogen and oxygen atoms in total. The Morgan fingerprint density at radius 2 is 2.00 bits per heavy atom. The van der Waals surface area contributed by atoms with Crippen LogP contribution in [0.1, 0.15) is 5.56 Å². The topological polar surface area (TPSA) is 86.2 Å². The van der Waals surface area contributed by atoms with E-state index >= 15 is 0 Å². The standard InChI is InChI=1S/C17H17ClN6O2/c1-4-9-24-13-14(22(2)17(26)23(3)15(13)25)20-16(24)21-19-10-11-7-5-6-8-12(11)18/h4-8,10H,1,9H2,2-3H3,(H,20,21)/b19-10-. The summed E-state index contributed by atoms with van der Waals surface area (Å²) in [5.74, 6) is 0.321. The molecule has 1 aromatic carbocycles. The van der Waals surface area contributed by atoms with Gasteiger partial charge in [-0.15, -0.1) is 6.58 Å². The van der Waals surface area contributed by atoms with Crippen molar-refractivity contribution in [3.05, 3.63) is 68.3 Å². The number of benzene rings is 1. The summed E-state index contributed by atoms with van der Waals surface area (Å²) in [6.07, 6.45) is 3.19. The molecule has 0 unspecified atom stereocenters. The van der Waals surface area contributed by atoms with E-state index in [-0.39, 0.29) is 5.65 Å². The van der Waals surface area contributed by atoms with Crippen molar-refractivity contribution >= 4 is 34.9 Å². The van der Waals surface area contributed by atoms with E-state index in [4.69, 9.17) is 11.6 Å². The molecule has 134 valence electrons. The number of halogens is 1. The van der Waals surface area contributed by atoms with Gasteiger partial charge in [0.1, 0.15) is 0 Å². The lowest BCUT2D eigenvalue weighted by atomic mass is 10.2. The number of aromatic nitrogens is 4. The predicted octanol–water partition coefficient (Wildman–Crippen LogP) is 1.72. The van der Waals surface area contributed by atoms with Crippen molar-refractivity contribution in [2.45, 2.75) is 6.54 Å². The van der Waals surface area contributed by atoms with E-state index in [2.05, 4.69) is 22.1 Å². The number of imidazole rings is 1. The predicted molar refractivity (Wildman–Crippen MR) is 103 cm³/mol. The van der Waals surface area contributed by atoms with Crippen LogP contribution in [0.2, 0.25) is 5.02 Å². The van der Waals surface area contributed by atoms with Crippen LogP contribution < -0.4 is 16.7 Å². The highest BCUT2D eigenvalue weighted by Gasteiger charge is 2.18. The van der Waals surface area contributed by atoms with E-state index in [0.717, 1.165) is 10.1 Å². The van der Waals surface area contributed by atoms with Gasteiger partial charge in [0, 0.05) is 31.2 Å². The number of allylic oxidation sites excluding steroid dienone is 1. The largest absolute Gasteiger partial charge is 0.332 e. The Balaban J connectivity index is 2.10. The maximum Gasteiger partial charge on any atom is 0.332 e. The van der Waals surface area contributed by atoms with Gasteiger partial charge in [-0.05, 0) is 6.07 Å². The molecule has 0 bridgehead atoms. The zero-order valence-electron chi connectivity index (χ0n) is 14.3. The number of hydrogen-bond acceptors (Lipinski definition) is 5. The Bertz CT molecular complexity index is 1140. The molecule has 3 rings (SSSR count). The minimum absolute atomic E-state index is 0.274. The minimum Gasteiger partial charge on any atom is -0.299 e. The van der Waals surface area contributed by atoms with E-state index in [0.29, 0.717) is 23.0 Å². The van der Waals surface area contributed by atoms with Gasteiger partial charge in [0.05, 0.1) is 6.21 Å². The van der Waals surface area contributed by atoms with Crippen molar-refractivity contribution in [1.29, 1.82) is 0 Å². The molecule has 0 aliphatic rings. The summed E-state index contributed by atoms with van der Waals surface area (Å²) in [7, 11) is 2.99. The second kappa shape index (κ2) is 7.01. The van der Waals surface area contributed by atoms with Crippen LogP contribution in [0.25, 0.3) is 11.2 Å². The second-order valence-electron chi connectivity index (χ2n) is 5.60. The molecule has 26 heavy (non-hydrogen) atoms. The molecule has 0 atom stereocenters. The summed E-state index contributed by atoms with van der Waals surface area (Å²) < 4.78 is 3.98. The molecule has 0 radical (unpaired) electrons. The summed E-state index contributed by atoms with van der Waals surface area (Å²) in [5, 5.41) is 4.71. The van der Waals surface area contributed by atoms with Gasteiger partial charge in [0.2, 0.25) is 5.95 Å². The molecule has 0 fully saturated rings. The number of hydrogen-bond donors (Lipinski definition) is 1. The first-order valence-electron chi connectivity index (χ1n) is 7.76. The first-order valence-corrected chi connectivity index (χ1v) is 8.14. The van der Waals surface area contributed by atoms with Crippen molar-refractivity contribution in [2.24, 2.45) is 19.2 Å². The maximum absolute atomic E-state index is 12.5. The van der Waals surface area contributed by atoms with Crippen LogP contribution in [0.3, 0.4) is 0 Å². The molecular formula is C17H17ClN6O2. The van der Waals surface area contributed by atoms with Crippen LogP contribution in [0, 0.1) is 0 Å². The molecule has 0 saturated carbocycles. The number of anilines is 1. The zero-order chi connectivity index (χ0) is 18.8. The molecule has 0 aliphatic carbocycles. The third-order valence-electron chi connectivity index (χ3n) is 3.93. The fraction of sp³-hybridized carbons (Fsp3) is 0.176. The summed E-state index contributed by atoms with van der Waals surface area (Å²) in [5.41, 5.74) is 3.23. The molecule has 2 heterocycles. The van der Waals surface area contributed by atoms with Crippen LogP contribution >= 0.6 is 11.6 Å². The van der Waals surface area contributed by atoms with Gasteiger partial charge in [-0.1, -0.05) is 35.9 Å².